The molecule has 0 saturated carbocycles. The van der Waals surface area contributed by atoms with Crippen LogP contribution < -0.4 is 20.4 Å². The summed E-state index contributed by atoms with van der Waals surface area (Å²) in [6.07, 6.45) is 26.9. The van der Waals surface area contributed by atoms with Gasteiger partial charge in [-0.05, 0) is 104 Å². The number of nitrogens with zero attached hydrogens (tertiary/aromatic N) is 2. The molecule has 0 amide bonds. The van der Waals surface area contributed by atoms with Crippen LogP contribution in [0.25, 0.3) is 0 Å². The lowest BCUT2D eigenvalue weighted by atomic mass is 9.66. The molecule has 0 bridgehead atoms. The van der Waals surface area contributed by atoms with E-state index in [1.807, 2.05) is 0 Å². The molecule has 0 spiro atoms. The van der Waals surface area contributed by atoms with Crippen LogP contribution in [0.15, 0.2) is 96.3 Å². The molecule has 4 nitrogen and oxygen atoms in total. The molecular formula is C53H80N4. The van der Waals surface area contributed by atoms with E-state index in [0.717, 1.165) is 58.4 Å². The number of allylic oxidation sites excluding steroid dienone is 4. The fourth-order valence-electron chi connectivity index (χ4n) is 9.42. The van der Waals surface area contributed by atoms with Gasteiger partial charge in [-0.1, -0.05) is 153 Å². The van der Waals surface area contributed by atoms with Gasteiger partial charge in [0.1, 0.15) is 0 Å². The molecule has 0 radical (unpaired) electrons. The number of unbranched alkanes of at least 4 members (excludes halogenated alkanes) is 7. The third-order valence-electron chi connectivity index (χ3n) is 13.0. The Balaban J connectivity index is 1.70. The van der Waals surface area contributed by atoms with Crippen molar-refractivity contribution in [2.45, 2.75) is 161 Å². The van der Waals surface area contributed by atoms with E-state index in [9.17, 15) is 0 Å². The van der Waals surface area contributed by atoms with Crippen LogP contribution in [0.5, 0.6) is 0 Å². The number of nitrogens with one attached hydrogen (secondary N) is 2. The lowest BCUT2D eigenvalue weighted by molar-refractivity contribution is 0.512. The van der Waals surface area contributed by atoms with E-state index < -0.39 is 0 Å². The smallest absolute Gasteiger partial charge is 0.0401 e. The monoisotopic (exact) mass is 773 g/mol. The standard InChI is InChI=1S/C53H80N4/c1-7-12-17-34-52(42-48-24-20-36-54-48,44-26-30-50(31-27-44)56(6)38-14-9-3)46-22-19-23-47(41-46)53(35-18-13-8-2,43-49-25-21-37-55-49)45-28-32-51(33-29-45)57(39-15-10-4)40-16-11-5/h19,22-23,26-33,41-43,54-55H,7-18,20-21,24-25,34-40H2,1-6H3/b48-42+,49-43+. The van der Waals surface area contributed by atoms with E-state index in [2.05, 4.69) is 147 Å². The largest absolute Gasteiger partial charge is 0.389 e. The first-order chi connectivity index (χ1) is 27.9. The van der Waals surface area contributed by atoms with Gasteiger partial charge in [0.25, 0.3) is 0 Å². The summed E-state index contributed by atoms with van der Waals surface area (Å²) in [7, 11) is 2.25. The van der Waals surface area contributed by atoms with Gasteiger partial charge in [-0.3, -0.25) is 0 Å². The molecular weight excluding hydrogens is 693 g/mol. The molecule has 2 aliphatic rings. The van der Waals surface area contributed by atoms with Gasteiger partial charge in [-0.15, -0.1) is 0 Å². The normalized spacial score (nSPS) is 17.6. The molecule has 57 heavy (non-hydrogen) atoms. The minimum Gasteiger partial charge on any atom is -0.389 e. The number of benzene rings is 3. The Morgan fingerprint density at radius 2 is 0.947 bits per heavy atom. The van der Waals surface area contributed by atoms with Crippen LogP contribution in [-0.2, 0) is 10.8 Å². The maximum atomic E-state index is 3.83. The summed E-state index contributed by atoms with van der Waals surface area (Å²) in [5.74, 6) is 0. The Kier molecular flexibility index (Phi) is 18.0. The van der Waals surface area contributed by atoms with E-state index in [1.165, 1.54) is 135 Å². The van der Waals surface area contributed by atoms with Gasteiger partial charge >= 0.3 is 0 Å². The molecule has 2 fully saturated rings. The van der Waals surface area contributed by atoms with Gasteiger partial charge in [-0.25, -0.2) is 0 Å². The van der Waals surface area contributed by atoms with E-state index in [0.29, 0.717) is 0 Å². The third-order valence-corrected chi connectivity index (χ3v) is 13.0. The van der Waals surface area contributed by atoms with Gasteiger partial charge in [0.15, 0.2) is 0 Å². The maximum Gasteiger partial charge on any atom is 0.0401 e. The van der Waals surface area contributed by atoms with Crippen molar-refractivity contribution in [2.75, 3.05) is 49.6 Å². The summed E-state index contributed by atoms with van der Waals surface area (Å²) in [4.78, 5) is 5.06. The first kappa shape index (κ1) is 44.4. The highest BCUT2D eigenvalue weighted by atomic mass is 15.1. The number of anilines is 2. The molecule has 2 heterocycles. The van der Waals surface area contributed by atoms with Crippen molar-refractivity contribution in [1.82, 2.24) is 10.6 Å². The van der Waals surface area contributed by atoms with Gasteiger partial charge in [0.05, 0.1) is 0 Å². The number of rotatable bonds is 25. The summed E-state index contributed by atoms with van der Waals surface area (Å²) >= 11 is 0. The summed E-state index contributed by atoms with van der Waals surface area (Å²) < 4.78 is 0. The molecule has 0 aromatic heterocycles. The minimum absolute atomic E-state index is 0.227. The van der Waals surface area contributed by atoms with Crippen LogP contribution in [0, 0.1) is 0 Å². The molecule has 2 N–H and O–H groups in total. The van der Waals surface area contributed by atoms with Crippen molar-refractivity contribution in [3.63, 3.8) is 0 Å². The zero-order chi connectivity index (χ0) is 40.4. The molecule has 4 heteroatoms. The fourth-order valence-corrected chi connectivity index (χ4v) is 9.42. The van der Waals surface area contributed by atoms with Crippen molar-refractivity contribution in [3.8, 4) is 0 Å². The summed E-state index contributed by atoms with van der Waals surface area (Å²) in [6.45, 7) is 17.1. The molecule has 5 rings (SSSR count). The zero-order valence-corrected chi connectivity index (χ0v) is 37.2. The van der Waals surface area contributed by atoms with Gasteiger partial charge in [0.2, 0.25) is 0 Å². The second kappa shape index (κ2) is 23.1. The lowest BCUT2D eigenvalue weighted by Gasteiger charge is -2.38. The van der Waals surface area contributed by atoms with E-state index >= 15 is 0 Å². The minimum atomic E-state index is -0.228. The summed E-state index contributed by atoms with van der Waals surface area (Å²) in [6, 6.07) is 29.6. The van der Waals surface area contributed by atoms with E-state index in [1.54, 1.807) is 0 Å². The molecule has 0 aliphatic carbocycles. The Hall–Kier alpha value is -3.66. The Morgan fingerprint density at radius 3 is 1.37 bits per heavy atom. The van der Waals surface area contributed by atoms with Crippen LogP contribution >= 0.6 is 0 Å². The van der Waals surface area contributed by atoms with Gasteiger partial charge in [0, 0.05) is 73.4 Å². The third kappa shape index (κ3) is 11.7. The predicted molar refractivity (Wildman–Crippen MR) is 250 cm³/mol. The Labute approximate surface area is 350 Å². The SMILES string of the molecule is CCCCCC(/C=C1\CCCN1)(c1ccc(N(C)CCCC)cc1)c1cccc(C(/C=C2\CCCN2)(CCCCC)c2ccc(N(CCCC)CCCC)cc2)c1. The molecule has 2 unspecified atom stereocenters. The molecule has 3 aromatic carbocycles. The van der Waals surface area contributed by atoms with E-state index in [-0.39, 0.29) is 10.8 Å². The van der Waals surface area contributed by atoms with Crippen molar-refractivity contribution in [2.24, 2.45) is 0 Å². The first-order valence-electron chi connectivity index (χ1n) is 23.6. The van der Waals surface area contributed by atoms with Gasteiger partial charge < -0.3 is 20.4 Å². The Morgan fingerprint density at radius 1 is 0.509 bits per heavy atom. The van der Waals surface area contributed by atoms with E-state index in [4.69, 9.17) is 0 Å². The molecule has 312 valence electrons. The van der Waals surface area contributed by atoms with Crippen molar-refractivity contribution in [3.05, 3.63) is 119 Å². The van der Waals surface area contributed by atoms with Gasteiger partial charge in [-0.2, -0.15) is 0 Å². The van der Waals surface area contributed by atoms with Crippen molar-refractivity contribution < 1.29 is 0 Å². The Bertz CT molecular complexity index is 1630. The van der Waals surface area contributed by atoms with Crippen LogP contribution in [-0.4, -0.2) is 39.8 Å². The quantitative estimate of drug-likeness (QED) is 0.0840. The average Bonchev–Trinajstić information content (AvgIpc) is 3.97. The topological polar surface area (TPSA) is 30.5 Å². The summed E-state index contributed by atoms with van der Waals surface area (Å²) in [5.41, 5.74) is 10.8. The second-order valence-electron chi connectivity index (χ2n) is 17.4. The zero-order valence-electron chi connectivity index (χ0n) is 37.2. The van der Waals surface area contributed by atoms with Crippen molar-refractivity contribution >= 4 is 11.4 Å². The second-order valence-corrected chi connectivity index (χ2v) is 17.4. The fraction of sp³-hybridized carbons (Fsp3) is 0.585. The van der Waals surface area contributed by atoms with Crippen LogP contribution in [0.1, 0.15) is 172 Å². The molecule has 3 aromatic rings. The maximum absolute atomic E-state index is 3.83. The van der Waals surface area contributed by atoms with Crippen LogP contribution in [0.4, 0.5) is 11.4 Å². The van der Waals surface area contributed by atoms with Crippen LogP contribution in [0.2, 0.25) is 0 Å². The summed E-state index contributed by atoms with van der Waals surface area (Å²) in [5, 5.41) is 7.65. The first-order valence-corrected chi connectivity index (χ1v) is 23.6. The highest BCUT2D eigenvalue weighted by molar-refractivity contribution is 5.57. The van der Waals surface area contributed by atoms with Crippen molar-refractivity contribution in [1.29, 1.82) is 0 Å². The molecule has 2 atom stereocenters. The number of hydrogen-bond acceptors (Lipinski definition) is 4. The number of hydrogen-bond donors (Lipinski definition) is 2. The molecule has 2 aliphatic heterocycles. The average molecular weight is 773 g/mol. The predicted octanol–water partition coefficient (Wildman–Crippen LogP) is 13.6. The molecule has 2 saturated heterocycles. The lowest BCUT2D eigenvalue weighted by Crippen LogP contribution is -2.31. The van der Waals surface area contributed by atoms with Crippen LogP contribution in [0.3, 0.4) is 0 Å². The highest BCUT2D eigenvalue weighted by Crippen LogP contribution is 2.46. The highest BCUT2D eigenvalue weighted by Gasteiger charge is 2.37.